The molecule has 0 aliphatic carbocycles. The second kappa shape index (κ2) is 7.62. The molecule has 1 amide bonds. The number of rotatable bonds is 4. The van der Waals surface area contributed by atoms with Crippen LogP contribution in [0.5, 0.6) is 0 Å². The van der Waals surface area contributed by atoms with Crippen LogP contribution in [0, 0.1) is 5.92 Å². The highest BCUT2D eigenvalue weighted by molar-refractivity contribution is 7.12. The molecule has 2 heterocycles. The van der Waals surface area contributed by atoms with Crippen LogP contribution in [-0.4, -0.2) is 31.3 Å². The number of Topliss-reactive ketones (excluding diaryl/α,β-unsaturated/α-hetero) is 1. The van der Waals surface area contributed by atoms with Gasteiger partial charge in [0.2, 0.25) is 0 Å². The van der Waals surface area contributed by atoms with Crippen LogP contribution in [0.3, 0.4) is 0 Å². The first-order chi connectivity index (χ1) is 8.66. The molecule has 1 fully saturated rings. The van der Waals surface area contributed by atoms with Crippen LogP contribution in [-0.2, 0) is 0 Å². The maximum absolute atomic E-state index is 11.9. The van der Waals surface area contributed by atoms with Crippen molar-refractivity contribution in [3.05, 3.63) is 21.9 Å². The van der Waals surface area contributed by atoms with Gasteiger partial charge in [-0.3, -0.25) is 9.59 Å². The summed E-state index contributed by atoms with van der Waals surface area (Å²) in [5, 5.41) is 8.00. The van der Waals surface area contributed by atoms with Crippen LogP contribution in [0.15, 0.2) is 11.4 Å². The SMILES string of the molecule is CC(=O)c1csc(C(=O)NCC2CCCNC2)c1.Cl. The molecular formula is C13H19ClN2O2S. The fourth-order valence-corrected chi connectivity index (χ4v) is 2.92. The summed E-state index contributed by atoms with van der Waals surface area (Å²) in [6, 6.07) is 1.67. The van der Waals surface area contributed by atoms with Crippen LogP contribution >= 0.6 is 23.7 Å². The molecule has 0 bridgehead atoms. The molecule has 1 unspecified atom stereocenters. The average Bonchev–Trinajstić information content (AvgIpc) is 2.87. The summed E-state index contributed by atoms with van der Waals surface area (Å²) < 4.78 is 0. The Labute approximate surface area is 123 Å². The van der Waals surface area contributed by atoms with Crippen molar-refractivity contribution in [3.8, 4) is 0 Å². The molecule has 1 atom stereocenters. The molecule has 4 nitrogen and oxygen atoms in total. The highest BCUT2D eigenvalue weighted by Gasteiger charge is 2.15. The molecule has 1 aromatic rings. The largest absolute Gasteiger partial charge is 0.351 e. The van der Waals surface area contributed by atoms with E-state index < -0.39 is 0 Å². The summed E-state index contributed by atoms with van der Waals surface area (Å²) in [4.78, 5) is 23.7. The van der Waals surface area contributed by atoms with Gasteiger partial charge in [-0.15, -0.1) is 23.7 Å². The topological polar surface area (TPSA) is 58.2 Å². The van der Waals surface area contributed by atoms with E-state index in [0.29, 0.717) is 22.9 Å². The number of nitrogens with one attached hydrogen (secondary N) is 2. The van der Waals surface area contributed by atoms with E-state index >= 15 is 0 Å². The lowest BCUT2D eigenvalue weighted by molar-refractivity contribution is 0.0949. The quantitative estimate of drug-likeness (QED) is 0.838. The van der Waals surface area contributed by atoms with E-state index in [0.717, 1.165) is 19.5 Å². The molecular weight excluding hydrogens is 284 g/mol. The molecule has 106 valence electrons. The summed E-state index contributed by atoms with van der Waals surface area (Å²) in [5.41, 5.74) is 0.615. The number of ketones is 1. The molecule has 1 saturated heterocycles. The van der Waals surface area contributed by atoms with Gasteiger partial charge in [-0.2, -0.15) is 0 Å². The van der Waals surface area contributed by atoms with Gasteiger partial charge in [-0.05, 0) is 44.8 Å². The lowest BCUT2D eigenvalue weighted by Crippen LogP contribution is -2.37. The van der Waals surface area contributed by atoms with E-state index in [4.69, 9.17) is 0 Å². The standard InChI is InChI=1S/C13H18N2O2S.ClH/c1-9(16)11-5-12(18-8-11)13(17)15-7-10-3-2-4-14-6-10;/h5,8,10,14H,2-4,6-7H2,1H3,(H,15,17);1H. The zero-order chi connectivity index (χ0) is 13.0. The summed E-state index contributed by atoms with van der Waals surface area (Å²) >= 11 is 1.32. The number of halogens is 1. The third kappa shape index (κ3) is 4.60. The summed E-state index contributed by atoms with van der Waals surface area (Å²) in [7, 11) is 0. The van der Waals surface area contributed by atoms with E-state index in [1.54, 1.807) is 11.4 Å². The number of thiophene rings is 1. The van der Waals surface area contributed by atoms with Crippen molar-refractivity contribution in [2.45, 2.75) is 19.8 Å². The Kier molecular flexibility index (Phi) is 6.48. The number of hydrogen-bond acceptors (Lipinski definition) is 4. The molecule has 1 aromatic heterocycles. The van der Waals surface area contributed by atoms with E-state index in [-0.39, 0.29) is 24.1 Å². The first-order valence-corrected chi connectivity index (χ1v) is 7.13. The Balaban J connectivity index is 0.00000180. The smallest absolute Gasteiger partial charge is 0.261 e. The van der Waals surface area contributed by atoms with Crippen LogP contribution < -0.4 is 10.6 Å². The van der Waals surface area contributed by atoms with Gasteiger partial charge in [-0.1, -0.05) is 0 Å². The predicted molar refractivity (Wildman–Crippen MR) is 79.5 cm³/mol. The van der Waals surface area contributed by atoms with Gasteiger partial charge in [0.1, 0.15) is 0 Å². The third-order valence-electron chi connectivity index (χ3n) is 3.18. The molecule has 0 aromatic carbocycles. The molecule has 1 aliphatic heterocycles. The Morgan fingerprint density at radius 3 is 2.89 bits per heavy atom. The van der Waals surface area contributed by atoms with E-state index in [1.165, 1.54) is 24.7 Å². The van der Waals surface area contributed by atoms with Crippen molar-refractivity contribution in [1.82, 2.24) is 10.6 Å². The van der Waals surface area contributed by atoms with Crippen LogP contribution in [0.1, 0.15) is 39.8 Å². The van der Waals surface area contributed by atoms with Gasteiger partial charge in [0, 0.05) is 17.5 Å². The van der Waals surface area contributed by atoms with Crippen molar-refractivity contribution in [2.24, 2.45) is 5.92 Å². The second-order valence-corrected chi connectivity index (χ2v) is 5.59. The van der Waals surface area contributed by atoms with Crippen molar-refractivity contribution < 1.29 is 9.59 Å². The number of carbonyl (C=O) groups excluding carboxylic acids is 2. The first-order valence-electron chi connectivity index (χ1n) is 6.25. The predicted octanol–water partition coefficient (Wildman–Crippen LogP) is 2.10. The van der Waals surface area contributed by atoms with Gasteiger partial charge in [-0.25, -0.2) is 0 Å². The van der Waals surface area contributed by atoms with Gasteiger partial charge in [0.15, 0.2) is 5.78 Å². The van der Waals surface area contributed by atoms with Gasteiger partial charge >= 0.3 is 0 Å². The monoisotopic (exact) mass is 302 g/mol. The lowest BCUT2D eigenvalue weighted by Gasteiger charge is -2.22. The molecule has 2 N–H and O–H groups in total. The Hall–Kier alpha value is -0.910. The minimum atomic E-state index is -0.0712. The van der Waals surface area contributed by atoms with Crippen molar-refractivity contribution in [3.63, 3.8) is 0 Å². The summed E-state index contributed by atoms with van der Waals surface area (Å²) in [6.45, 7) is 4.28. The van der Waals surface area contributed by atoms with Gasteiger partial charge in [0.05, 0.1) is 4.88 Å². The number of carbonyl (C=O) groups is 2. The second-order valence-electron chi connectivity index (χ2n) is 4.68. The zero-order valence-electron chi connectivity index (χ0n) is 10.9. The Morgan fingerprint density at radius 1 is 1.53 bits per heavy atom. The first kappa shape index (κ1) is 16.1. The van der Waals surface area contributed by atoms with Crippen molar-refractivity contribution >= 4 is 35.4 Å². The van der Waals surface area contributed by atoms with Crippen LogP contribution in [0.25, 0.3) is 0 Å². The van der Waals surface area contributed by atoms with Crippen molar-refractivity contribution in [1.29, 1.82) is 0 Å². The van der Waals surface area contributed by atoms with E-state index in [1.807, 2.05) is 0 Å². The Morgan fingerprint density at radius 2 is 2.32 bits per heavy atom. The van der Waals surface area contributed by atoms with Gasteiger partial charge < -0.3 is 10.6 Å². The minimum absolute atomic E-state index is 0. The maximum atomic E-state index is 11.9. The fraction of sp³-hybridized carbons (Fsp3) is 0.538. The summed E-state index contributed by atoms with van der Waals surface area (Å²) in [5.74, 6) is 0.454. The fourth-order valence-electron chi connectivity index (χ4n) is 2.06. The van der Waals surface area contributed by atoms with Crippen LogP contribution in [0.4, 0.5) is 0 Å². The Bertz CT molecular complexity index is 442. The van der Waals surface area contributed by atoms with Crippen LogP contribution in [0.2, 0.25) is 0 Å². The molecule has 0 saturated carbocycles. The highest BCUT2D eigenvalue weighted by atomic mass is 35.5. The van der Waals surface area contributed by atoms with Crippen molar-refractivity contribution in [2.75, 3.05) is 19.6 Å². The van der Waals surface area contributed by atoms with E-state index in [9.17, 15) is 9.59 Å². The average molecular weight is 303 g/mol. The van der Waals surface area contributed by atoms with Gasteiger partial charge in [0.25, 0.3) is 5.91 Å². The maximum Gasteiger partial charge on any atom is 0.261 e. The number of amides is 1. The normalized spacial score (nSPS) is 18.5. The molecule has 0 radical (unpaired) electrons. The molecule has 0 spiro atoms. The third-order valence-corrected chi connectivity index (χ3v) is 4.11. The van der Waals surface area contributed by atoms with E-state index in [2.05, 4.69) is 10.6 Å². The lowest BCUT2D eigenvalue weighted by atomic mass is 10.00. The number of piperidine rings is 1. The molecule has 1 aliphatic rings. The summed E-state index contributed by atoms with van der Waals surface area (Å²) in [6.07, 6.45) is 2.34. The zero-order valence-corrected chi connectivity index (χ0v) is 12.5. The molecule has 19 heavy (non-hydrogen) atoms. The minimum Gasteiger partial charge on any atom is -0.351 e. The molecule has 2 rings (SSSR count). The molecule has 6 heteroatoms. The highest BCUT2D eigenvalue weighted by Crippen LogP contribution is 2.15. The number of hydrogen-bond donors (Lipinski definition) is 2.